The number of methoxy groups -OCH3 is 1. The first-order chi connectivity index (χ1) is 8.27. The lowest BCUT2D eigenvalue weighted by Gasteiger charge is -2.16. The molecule has 1 atom stereocenters. The Morgan fingerprint density at radius 3 is 2.76 bits per heavy atom. The molecular weight excluding hydrogens is 217 g/mol. The zero-order valence-electron chi connectivity index (χ0n) is 10.7. The number of hydrogen-bond donors (Lipinski definition) is 1. The van der Waals surface area contributed by atoms with Gasteiger partial charge in [-0.3, -0.25) is 0 Å². The van der Waals surface area contributed by atoms with Crippen molar-refractivity contribution in [3.05, 3.63) is 35.6 Å². The summed E-state index contributed by atoms with van der Waals surface area (Å²) in [5.41, 5.74) is 0.813. The fourth-order valence-corrected chi connectivity index (χ4v) is 1.82. The molecule has 0 heterocycles. The topological polar surface area (TPSA) is 21.3 Å². The highest BCUT2D eigenvalue weighted by molar-refractivity contribution is 5.17. The molecule has 0 aliphatic carbocycles. The Morgan fingerprint density at radius 2 is 2.12 bits per heavy atom. The lowest BCUT2D eigenvalue weighted by atomic mass is 9.96. The van der Waals surface area contributed by atoms with E-state index in [-0.39, 0.29) is 5.82 Å². The highest BCUT2D eigenvalue weighted by Crippen LogP contribution is 2.14. The quantitative estimate of drug-likeness (QED) is 0.704. The van der Waals surface area contributed by atoms with Crippen LogP contribution in [0.1, 0.15) is 18.9 Å². The molecule has 0 spiro atoms. The van der Waals surface area contributed by atoms with Gasteiger partial charge in [-0.2, -0.15) is 0 Å². The van der Waals surface area contributed by atoms with Crippen LogP contribution in [0.5, 0.6) is 0 Å². The lowest BCUT2D eigenvalue weighted by Crippen LogP contribution is -2.27. The minimum absolute atomic E-state index is 0.0946. The molecule has 0 aliphatic heterocycles. The fourth-order valence-electron chi connectivity index (χ4n) is 1.82. The van der Waals surface area contributed by atoms with Crippen LogP contribution in [0.4, 0.5) is 4.39 Å². The van der Waals surface area contributed by atoms with E-state index in [4.69, 9.17) is 4.74 Å². The highest BCUT2D eigenvalue weighted by atomic mass is 19.1. The van der Waals surface area contributed by atoms with E-state index >= 15 is 0 Å². The van der Waals surface area contributed by atoms with E-state index in [0.29, 0.717) is 5.92 Å². The standard InChI is InChI=1S/C14H22FNO/c1-3-12(11-16-8-9-17-2)10-13-6-4-5-7-14(13)15/h4-7,12,16H,3,8-11H2,1-2H3. The first kappa shape index (κ1) is 14.1. The van der Waals surface area contributed by atoms with Crippen molar-refractivity contribution in [2.45, 2.75) is 19.8 Å². The Kier molecular flexibility index (Phi) is 6.82. The van der Waals surface area contributed by atoms with Crippen LogP contribution in [0.3, 0.4) is 0 Å². The molecule has 0 saturated heterocycles. The molecule has 1 aromatic carbocycles. The van der Waals surface area contributed by atoms with E-state index in [1.807, 2.05) is 12.1 Å². The maximum absolute atomic E-state index is 13.5. The van der Waals surface area contributed by atoms with Gasteiger partial charge in [0.15, 0.2) is 0 Å². The predicted molar refractivity (Wildman–Crippen MR) is 68.6 cm³/mol. The monoisotopic (exact) mass is 239 g/mol. The molecule has 2 nitrogen and oxygen atoms in total. The maximum Gasteiger partial charge on any atom is 0.126 e. The van der Waals surface area contributed by atoms with E-state index in [0.717, 1.165) is 38.1 Å². The Balaban J connectivity index is 2.38. The average molecular weight is 239 g/mol. The van der Waals surface area contributed by atoms with Crippen LogP contribution < -0.4 is 5.32 Å². The molecule has 1 rings (SSSR count). The zero-order chi connectivity index (χ0) is 12.5. The molecule has 96 valence electrons. The average Bonchev–Trinajstić information content (AvgIpc) is 2.35. The highest BCUT2D eigenvalue weighted by Gasteiger charge is 2.09. The summed E-state index contributed by atoms with van der Waals surface area (Å²) in [6.07, 6.45) is 1.84. The van der Waals surface area contributed by atoms with Crippen LogP contribution in [0.25, 0.3) is 0 Å². The van der Waals surface area contributed by atoms with E-state index in [1.54, 1.807) is 13.2 Å². The summed E-state index contributed by atoms with van der Waals surface area (Å²) >= 11 is 0. The van der Waals surface area contributed by atoms with Crippen molar-refractivity contribution in [1.29, 1.82) is 0 Å². The predicted octanol–water partition coefficient (Wildman–Crippen LogP) is 2.63. The second-order valence-electron chi connectivity index (χ2n) is 4.27. The van der Waals surface area contributed by atoms with E-state index in [1.165, 1.54) is 6.07 Å². The summed E-state index contributed by atoms with van der Waals surface area (Å²) in [7, 11) is 1.69. The van der Waals surface area contributed by atoms with E-state index in [2.05, 4.69) is 12.2 Å². The van der Waals surface area contributed by atoms with Crippen LogP contribution in [-0.4, -0.2) is 26.8 Å². The normalized spacial score (nSPS) is 12.6. The Labute approximate surface area is 103 Å². The zero-order valence-corrected chi connectivity index (χ0v) is 10.7. The molecule has 17 heavy (non-hydrogen) atoms. The summed E-state index contributed by atoms with van der Waals surface area (Å²) in [4.78, 5) is 0. The summed E-state index contributed by atoms with van der Waals surface area (Å²) in [5.74, 6) is 0.381. The Hall–Kier alpha value is -0.930. The number of ether oxygens (including phenoxy) is 1. The number of hydrogen-bond acceptors (Lipinski definition) is 2. The van der Waals surface area contributed by atoms with Crippen LogP contribution in [0.2, 0.25) is 0 Å². The molecule has 1 aromatic rings. The van der Waals surface area contributed by atoms with Gasteiger partial charge >= 0.3 is 0 Å². The third-order valence-corrected chi connectivity index (χ3v) is 2.96. The van der Waals surface area contributed by atoms with E-state index in [9.17, 15) is 4.39 Å². The van der Waals surface area contributed by atoms with Crippen LogP contribution in [0, 0.1) is 11.7 Å². The van der Waals surface area contributed by atoms with Gasteiger partial charge in [-0.1, -0.05) is 31.5 Å². The van der Waals surface area contributed by atoms with Crippen molar-refractivity contribution >= 4 is 0 Å². The van der Waals surface area contributed by atoms with Crippen molar-refractivity contribution in [3.63, 3.8) is 0 Å². The number of nitrogens with one attached hydrogen (secondary N) is 1. The van der Waals surface area contributed by atoms with Gasteiger partial charge in [0.25, 0.3) is 0 Å². The SMILES string of the molecule is CCC(CNCCOC)Cc1ccccc1F. The van der Waals surface area contributed by atoms with Gasteiger partial charge in [-0.05, 0) is 30.5 Å². The summed E-state index contributed by atoms with van der Waals surface area (Å²) in [5, 5.41) is 3.33. The first-order valence-corrected chi connectivity index (χ1v) is 6.21. The third-order valence-electron chi connectivity index (χ3n) is 2.96. The largest absolute Gasteiger partial charge is 0.383 e. The third kappa shape index (κ3) is 5.29. The van der Waals surface area contributed by atoms with Gasteiger partial charge in [0, 0.05) is 13.7 Å². The van der Waals surface area contributed by atoms with Crippen molar-refractivity contribution in [1.82, 2.24) is 5.32 Å². The fraction of sp³-hybridized carbons (Fsp3) is 0.571. The summed E-state index contributed by atoms with van der Waals surface area (Å²) < 4.78 is 18.5. The summed E-state index contributed by atoms with van der Waals surface area (Å²) in [6, 6.07) is 7.02. The molecule has 0 bridgehead atoms. The number of rotatable bonds is 8. The molecule has 0 amide bonds. The molecule has 3 heteroatoms. The first-order valence-electron chi connectivity index (χ1n) is 6.21. The second kappa shape index (κ2) is 8.20. The molecule has 0 radical (unpaired) electrons. The molecule has 1 unspecified atom stereocenters. The maximum atomic E-state index is 13.5. The van der Waals surface area contributed by atoms with Gasteiger partial charge < -0.3 is 10.1 Å². The molecule has 0 saturated carbocycles. The van der Waals surface area contributed by atoms with Gasteiger partial charge in [0.05, 0.1) is 6.61 Å². The molecule has 1 N–H and O–H groups in total. The second-order valence-corrected chi connectivity index (χ2v) is 4.27. The van der Waals surface area contributed by atoms with E-state index < -0.39 is 0 Å². The lowest BCUT2D eigenvalue weighted by molar-refractivity contribution is 0.197. The van der Waals surface area contributed by atoms with Gasteiger partial charge in [0.2, 0.25) is 0 Å². The molecule has 0 aromatic heterocycles. The molecular formula is C14H22FNO. The molecule has 0 fully saturated rings. The van der Waals surface area contributed by atoms with Crippen LogP contribution in [-0.2, 0) is 11.2 Å². The van der Waals surface area contributed by atoms with Crippen molar-refractivity contribution < 1.29 is 9.13 Å². The number of benzene rings is 1. The van der Waals surface area contributed by atoms with Gasteiger partial charge in [-0.25, -0.2) is 4.39 Å². The van der Waals surface area contributed by atoms with Crippen molar-refractivity contribution in [2.75, 3.05) is 26.8 Å². The minimum Gasteiger partial charge on any atom is -0.383 e. The minimum atomic E-state index is -0.0946. The van der Waals surface area contributed by atoms with Gasteiger partial charge in [0.1, 0.15) is 5.82 Å². The Morgan fingerprint density at radius 1 is 1.35 bits per heavy atom. The van der Waals surface area contributed by atoms with Crippen LogP contribution in [0.15, 0.2) is 24.3 Å². The number of halogens is 1. The smallest absolute Gasteiger partial charge is 0.126 e. The van der Waals surface area contributed by atoms with Gasteiger partial charge in [-0.15, -0.1) is 0 Å². The van der Waals surface area contributed by atoms with Crippen molar-refractivity contribution in [3.8, 4) is 0 Å². The van der Waals surface area contributed by atoms with Crippen molar-refractivity contribution in [2.24, 2.45) is 5.92 Å². The Bertz CT molecular complexity index is 317. The van der Waals surface area contributed by atoms with Crippen LogP contribution >= 0.6 is 0 Å². The summed E-state index contributed by atoms with van der Waals surface area (Å²) in [6.45, 7) is 4.62. The molecule has 0 aliphatic rings.